The van der Waals surface area contributed by atoms with Gasteiger partial charge in [-0.15, -0.1) is 0 Å². The van der Waals surface area contributed by atoms with Crippen LogP contribution >= 0.6 is 0 Å². The van der Waals surface area contributed by atoms with Gasteiger partial charge in [-0.3, -0.25) is 4.68 Å². The Hall–Kier alpha value is -0.900. The molecule has 0 fully saturated rings. The summed E-state index contributed by atoms with van der Waals surface area (Å²) in [6.07, 6.45) is 7.31. The van der Waals surface area contributed by atoms with Crippen molar-refractivity contribution in [3.63, 3.8) is 0 Å². The van der Waals surface area contributed by atoms with Crippen LogP contribution in [-0.2, 0) is 13.5 Å². The van der Waals surface area contributed by atoms with Crippen LogP contribution in [0.2, 0.25) is 0 Å². The number of nitrogens with zero attached hydrogens (tertiary/aromatic N) is 3. The summed E-state index contributed by atoms with van der Waals surface area (Å²) in [4.78, 5) is 4.30. The van der Waals surface area contributed by atoms with Gasteiger partial charge in [0.15, 0.2) is 0 Å². The Bertz CT molecular complexity index is 302. The van der Waals surface area contributed by atoms with E-state index in [-0.39, 0.29) is 5.41 Å². The Morgan fingerprint density at radius 3 is 2.62 bits per heavy atom. The number of aryl methyl sites for hydroxylation is 1. The van der Waals surface area contributed by atoms with Crippen LogP contribution in [0.1, 0.15) is 45.4 Å². The molecule has 2 N–H and O–H groups in total. The van der Waals surface area contributed by atoms with Gasteiger partial charge in [0.1, 0.15) is 12.2 Å². The fraction of sp³-hybridized carbons (Fsp3) is 0.833. The maximum Gasteiger partial charge on any atom is 0.138 e. The van der Waals surface area contributed by atoms with E-state index >= 15 is 0 Å². The number of rotatable bonds is 7. The molecule has 1 atom stereocenters. The van der Waals surface area contributed by atoms with Gasteiger partial charge in [-0.25, -0.2) is 4.98 Å². The van der Waals surface area contributed by atoms with E-state index < -0.39 is 0 Å². The van der Waals surface area contributed by atoms with Crippen molar-refractivity contribution in [2.45, 2.75) is 46.0 Å². The molecule has 16 heavy (non-hydrogen) atoms. The molecule has 1 rings (SSSR count). The van der Waals surface area contributed by atoms with Crippen molar-refractivity contribution in [2.75, 3.05) is 6.54 Å². The van der Waals surface area contributed by atoms with Crippen molar-refractivity contribution in [2.24, 2.45) is 18.2 Å². The molecule has 0 aliphatic carbocycles. The standard InChI is InChI=1S/C12H24N4/c1-4-6-7-12(5-2,9-13)8-11-14-10-15-16(11)3/h10H,4-9,13H2,1-3H3. The smallest absolute Gasteiger partial charge is 0.138 e. The molecule has 0 amide bonds. The lowest BCUT2D eigenvalue weighted by Crippen LogP contribution is -2.33. The normalized spacial score (nSPS) is 15.0. The predicted octanol–water partition coefficient (Wildman–Crippen LogP) is 1.90. The average molecular weight is 224 g/mol. The second kappa shape index (κ2) is 5.99. The third-order valence-electron chi connectivity index (χ3n) is 3.58. The van der Waals surface area contributed by atoms with E-state index in [1.54, 1.807) is 6.33 Å². The van der Waals surface area contributed by atoms with Gasteiger partial charge in [-0.05, 0) is 24.8 Å². The minimum atomic E-state index is 0.205. The summed E-state index contributed by atoms with van der Waals surface area (Å²) in [7, 11) is 1.94. The zero-order chi connectivity index (χ0) is 12.0. The van der Waals surface area contributed by atoms with Crippen molar-refractivity contribution < 1.29 is 0 Å². The van der Waals surface area contributed by atoms with E-state index in [2.05, 4.69) is 23.9 Å². The van der Waals surface area contributed by atoms with Crippen LogP contribution in [0.25, 0.3) is 0 Å². The molecule has 0 aliphatic heterocycles. The van der Waals surface area contributed by atoms with Gasteiger partial charge in [0.05, 0.1) is 0 Å². The minimum Gasteiger partial charge on any atom is -0.330 e. The van der Waals surface area contributed by atoms with Crippen LogP contribution in [0.4, 0.5) is 0 Å². The van der Waals surface area contributed by atoms with Crippen molar-refractivity contribution in [1.29, 1.82) is 0 Å². The fourth-order valence-electron chi connectivity index (χ4n) is 2.08. The van der Waals surface area contributed by atoms with E-state index in [4.69, 9.17) is 5.73 Å². The Kier molecular flexibility index (Phi) is 4.93. The molecule has 0 saturated heterocycles. The number of hydrogen-bond acceptors (Lipinski definition) is 3. The highest BCUT2D eigenvalue weighted by molar-refractivity contribution is 4.93. The molecular formula is C12H24N4. The van der Waals surface area contributed by atoms with Gasteiger partial charge in [0, 0.05) is 13.5 Å². The maximum absolute atomic E-state index is 5.97. The molecule has 1 unspecified atom stereocenters. The van der Waals surface area contributed by atoms with E-state index in [1.807, 2.05) is 11.7 Å². The van der Waals surface area contributed by atoms with Crippen molar-refractivity contribution >= 4 is 0 Å². The van der Waals surface area contributed by atoms with Crippen molar-refractivity contribution in [1.82, 2.24) is 14.8 Å². The highest BCUT2D eigenvalue weighted by Crippen LogP contribution is 2.31. The van der Waals surface area contributed by atoms with Crippen LogP contribution in [0, 0.1) is 5.41 Å². The summed E-state index contributed by atoms with van der Waals surface area (Å²) in [6.45, 7) is 5.18. The predicted molar refractivity (Wildman–Crippen MR) is 66.0 cm³/mol. The molecule has 0 radical (unpaired) electrons. The topological polar surface area (TPSA) is 56.7 Å². The Morgan fingerprint density at radius 2 is 2.19 bits per heavy atom. The zero-order valence-electron chi connectivity index (χ0n) is 10.7. The van der Waals surface area contributed by atoms with Gasteiger partial charge >= 0.3 is 0 Å². The highest BCUT2D eigenvalue weighted by Gasteiger charge is 2.28. The molecule has 0 bridgehead atoms. The molecule has 4 nitrogen and oxygen atoms in total. The number of hydrogen-bond donors (Lipinski definition) is 1. The molecule has 0 aromatic carbocycles. The van der Waals surface area contributed by atoms with Crippen LogP contribution < -0.4 is 5.73 Å². The van der Waals surface area contributed by atoms with Gasteiger partial charge < -0.3 is 5.73 Å². The maximum atomic E-state index is 5.97. The van der Waals surface area contributed by atoms with Gasteiger partial charge in [0.25, 0.3) is 0 Å². The minimum absolute atomic E-state index is 0.205. The molecule has 0 aliphatic rings. The zero-order valence-corrected chi connectivity index (χ0v) is 10.7. The van der Waals surface area contributed by atoms with E-state index in [0.717, 1.165) is 25.2 Å². The monoisotopic (exact) mass is 224 g/mol. The molecule has 92 valence electrons. The van der Waals surface area contributed by atoms with Gasteiger partial charge in [0.2, 0.25) is 0 Å². The summed E-state index contributed by atoms with van der Waals surface area (Å²) in [5.41, 5.74) is 6.17. The van der Waals surface area contributed by atoms with E-state index in [9.17, 15) is 0 Å². The lowest BCUT2D eigenvalue weighted by atomic mass is 9.77. The average Bonchev–Trinajstić information content (AvgIpc) is 2.70. The molecule has 1 heterocycles. The Morgan fingerprint density at radius 1 is 1.44 bits per heavy atom. The van der Waals surface area contributed by atoms with Gasteiger partial charge in [-0.1, -0.05) is 26.7 Å². The van der Waals surface area contributed by atoms with Crippen LogP contribution in [0.5, 0.6) is 0 Å². The first-order chi connectivity index (χ1) is 7.67. The fourth-order valence-corrected chi connectivity index (χ4v) is 2.08. The summed E-state index contributed by atoms with van der Waals surface area (Å²) in [5.74, 6) is 1.04. The molecule has 4 heteroatoms. The van der Waals surface area contributed by atoms with Crippen LogP contribution in [-0.4, -0.2) is 21.3 Å². The number of unbranched alkanes of at least 4 members (excludes halogenated alkanes) is 1. The lowest BCUT2D eigenvalue weighted by molar-refractivity contribution is 0.243. The molecular weight excluding hydrogens is 200 g/mol. The Labute approximate surface area is 98.2 Å². The van der Waals surface area contributed by atoms with Gasteiger partial charge in [-0.2, -0.15) is 5.10 Å². The second-order valence-corrected chi connectivity index (χ2v) is 4.64. The first-order valence-electron chi connectivity index (χ1n) is 6.20. The molecule has 1 aromatic rings. The van der Waals surface area contributed by atoms with Crippen LogP contribution in [0.3, 0.4) is 0 Å². The van der Waals surface area contributed by atoms with Crippen LogP contribution in [0.15, 0.2) is 6.33 Å². The largest absolute Gasteiger partial charge is 0.330 e. The third-order valence-corrected chi connectivity index (χ3v) is 3.58. The summed E-state index contributed by atoms with van der Waals surface area (Å²) in [6, 6.07) is 0. The number of nitrogens with two attached hydrogens (primary N) is 1. The molecule has 1 aromatic heterocycles. The number of aromatic nitrogens is 3. The molecule has 0 saturated carbocycles. The quantitative estimate of drug-likeness (QED) is 0.769. The van der Waals surface area contributed by atoms with Crippen molar-refractivity contribution in [3.05, 3.63) is 12.2 Å². The van der Waals surface area contributed by atoms with E-state index in [1.165, 1.54) is 19.3 Å². The highest BCUT2D eigenvalue weighted by atomic mass is 15.3. The summed E-state index contributed by atoms with van der Waals surface area (Å²) >= 11 is 0. The third kappa shape index (κ3) is 3.04. The summed E-state index contributed by atoms with van der Waals surface area (Å²) in [5, 5.41) is 4.11. The first-order valence-corrected chi connectivity index (χ1v) is 6.20. The second-order valence-electron chi connectivity index (χ2n) is 4.64. The van der Waals surface area contributed by atoms with Crippen molar-refractivity contribution in [3.8, 4) is 0 Å². The molecule has 0 spiro atoms. The lowest BCUT2D eigenvalue weighted by Gasteiger charge is -2.31. The van der Waals surface area contributed by atoms with E-state index in [0.29, 0.717) is 0 Å². The Balaban J connectivity index is 2.73. The SMILES string of the molecule is CCCCC(CC)(CN)Cc1ncnn1C. The summed E-state index contributed by atoms with van der Waals surface area (Å²) < 4.78 is 1.85. The first kappa shape index (κ1) is 13.2.